The summed E-state index contributed by atoms with van der Waals surface area (Å²) < 4.78 is 5.36. The van der Waals surface area contributed by atoms with E-state index in [4.69, 9.17) is 28.6 Å². The standard InChI is InChI=1S/C14H18ClN3O2S/c1-2-13(19)17-14(21)16-11-9-10(15)3-4-12(11)18-5-7-20-8-6-18/h3-4,9H,2,5-8H2,1H3,(H2,16,17,19,21). The van der Waals surface area contributed by atoms with Crippen LogP contribution in [-0.4, -0.2) is 37.3 Å². The molecule has 0 bridgehead atoms. The highest BCUT2D eigenvalue weighted by atomic mass is 35.5. The molecule has 1 heterocycles. The zero-order valence-electron chi connectivity index (χ0n) is 11.8. The van der Waals surface area contributed by atoms with Gasteiger partial charge in [0.2, 0.25) is 5.91 Å². The van der Waals surface area contributed by atoms with Crippen molar-refractivity contribution in [1.29, 1.82) is 0 Å². The third-order valence-corrected chi connectivity index (χ3v) is 3.57. The first-order valence-electron chi connectivity index (χ1n) is 6.83. The van der Waals surface area contributed by atoms with Crippen LogP contribution in [0.3, 0.4) is 0 Å². The Morgan fingerprint density at radius 1 is 1.43 bits per heavy atom. The predicted octanol–water partition coefficient (Wildman–Crippen LogP) is 2.40. The second-order valence-corrected chi connectivity index (χ2v) is 5.46. The van der Waals surface area contributed by atoms with Gasteiger partial charge in [0.25, 0.3) is 0 Å². The van der Waals surface area contributed by atoms with Gasteiger partial charge in [0.05, 0.1) is 24.6 Å². The van der Waals surface area contributed by atoms with Crippen LogP contribution in [0, 0.1) is 0 Å². The average Bonchev–Trinajstić information content (AvgIpc) is 2.48. The minimum atomic E-state index is -0.123. The summed E-state index contributed by atoms with van der Waals surface area (Å²) in [5, 5.41) is 6.56. The number of carbonyl (C=O) groups excluding carboxylic acids is 1. The summed E-state index contributed by atoms with van der Waals surface area (Å²) in [6.07, 6.45) is 0.383. The van der Waals surface area contributed by atoms with Crippen LogP contribution in [0.1, 0.15) is 13.3 Å². The van der Waals surface area contributed by atoms with Crippen LogP contribution >= 0.6 is 23.8 Å². The first-order chi connectivity index (χ1) is 10.1. The van der Waals surface area contributed by atoms with Gasteiger partial charge < -0.3 is 20.3 Å². The molecule has 5 nitrogen and oxygen atoms in total. The number of morpholine rings is 1. The van der Waals surface area contributed by atoms with E-state index in [-0.39, 0.29) is 11.0 Å². The van der Waals surface area contributed by atoms with Crippen molar-refractivity contribution in [2.45, 2.75) is 13.3 Å². The van der Waals surface area contributed by atoms with Crippen molar-refractivity contribution in [2.24, 2.45) is 0 Å². The van der Waals surface area contributed by atoms with Crippen molar-refractivity contribution in [3.05, 3.63) is 23.2 Å². The number of benzene rings is 1. The van der Waals surface area contributed by atoms with E-state index >= 15 is 0 Å². The summed E-state index contributed by atoms with van der Waals surface area (Å²) in [6, 6.07) is 5.59. The molecule has 1 saturated heterocycles. The number of nitrogens with one attached hydrogen (secondary N) is 2. The van der Waals surface area contributed by atoms with E-state index in [9.17, 15) is 4.79 Å². The third-order valence-electron chi connectivity index (χ3n) is 3.13. The summed E-state index contributed by atoms with van der Waals surface area (Å²) in [6.45, 7) is 4.78. The highest BCUT2D eigenvalue weighted by molar-refractivity contribution is 7.80. The highest BCUT2D eigenvalue weighted by Crippen LogP contribution is 2.29. The van der Waals surface area contributed by atoms with Crippen LogP contribution in [-0.2, 0) is 9.53 Å². The normalized spacial score (nSPS) is 14.7. The number of hydrogen-bond acceptors (Lipinski definition) is 4. The molecule has 1 aromatic carbocycles. The van der Waals surface area contributed by atoms with Crippen LogP contribution in [0.15, 0.2) is 18.2 Å². The first-order valence-corrected chi connectivity index (χ1v) is 7.62. The SMILES string of the molecule is CCC(=O)NC(=S)Nc1cc(Cl)ccc1N1CCOCC1. The molecular formula is C14H18ClN3O2S. The van der Waals surface area contributed by atoms with E-state index in [2.05, 4.69) is 15.5 Å². The van der Waals surface area contributed by atoms with E-state index < -0.39 is 0 Å². The molecule has 0 radical (unpaired) electrons. The molecule has 1 aromatic rings. The molecule has 7 heteroatoms. The second kappa shape index (κ2) is 7.59. The fourth-order valence-corrected chi connectivity index (χ4v) is 2.45. The molecule has 114 valence electrons. The summed E-state index contributed by atoms with van der Waals surface area (Å²) in [7, 11) is 0. The van der Waals surface area contributed by atoms with Gasteiger partial charge in [0.1, 0.15) is 0 Å². The van der Waals surface area contributed by atoms with Crippen molar-refractivity contribution < 1.29 is 9.53 Å². The minimum Gasteiger partial charge on any atom is -0.378 e. The maximum atomic E-state index is 11.4. The number of amides is 1. The first kappa shape index (κ1) is 16.0. The summed E-state index contributed by atoms with van der Waals surface area (Å²) in [5.74, 6) is -0.123. The fraction of sp³-hybridized carbons (Fsp3) is 0.429. The predicted molar refractivity (Wildman–Crippen MR) is 89.1 cm³/mol. The number of thiocarbonyl (C=S) groups is 1. The van der Waals surface area contributed by atoms with Gasteiger partial charge in [0.15, 0.2) is 5.11 Å². The van der Waals surface area contributed by atoms with Crippen molar-refractivity contribution in [1.82, 2.24) is 5.32 Å². The maximum absolute atomic E-state index is 11.4. The van der Waals surface area contributed by atoms with E-state index in [1.54, 1.807) is 13.0 Å². The highest BCUT2D eigenvalue weighted by Gasteiger charge is 2.16. The van der Waals surface area contributed by atoms with Gasteiger partial charge in [-0.25, -0.2) is 0 Å². The Morgan fingerprint density at radius 3 is 2.81 bits per heavy atom. The van der Waals surface area contributed by atoms with Crippen LogP contribution in [0.2, 0.25) is 5.02 Å². The molecule has 1 aliphatic rings. The molecule has 0 aromatic heterocycles. The van der Waals surface area contributed by atoms with Crippen molar-refractivity contribution in [3.63, 3.8) is 0 Å². The molecule has 2 rings (SSSR count). The number of nitrogens with zero attached hydrogens (tertiary/aromatic N) is 1. The zero-order valence-corrected chi connectivity index (χ0v) is 13.4. The van der Waals surface area contributed by atoms with E-state index in [0.29, 0.717) is 24.7 Å². The topological polar surface area (TPSA) is 53.6 Å². The molecular weight excluding hydrogens is 310 g/mol. The molecule has 1 fully saturated rings. The number of ether oxygens (including phenoxy) is 1. The lowest BCUT2D eigenvalue weighted by Crippen LogP contribution is -2.38. The van der Waals surface area contributed by atoms with E-state index in [1.807, 2.05) is 12.1 Å². The van der Waals surface area contributed by atoms with Gasteiger partial charge in [-0.3, -0.25) is 4.79 Å². The van der Waals surface area contributed by atoms with E-state index in [1.165, 1.54) is 0 Å². The smallest absolute Gasteiger partial charge is 0.225 e. The Hall–Kier alpha value is -1.37. The summed E-state index contributed by atoms with van der Waals surface area (Å²) in [5.41, 5.74) is 1.78. The van der Waals surface area contributed by atoms with Crippen LogP contribution in [0.25, 0.3) is 0 Å². The van der Waals surface area contributed by atoms with Gasteiger partial charge in [-0.1, -0.05) is 18.5 Å². The third kappa shape index (κ3) is 4.56. The molecule has 0 saturated carbocycles. The van der Waals surface area contributed by atoms with Crippen molar-refractivity contribution in [3.8, 4) is 0 Å². The fourth-order valence-electron chi connectivity index (χ4n) is 2.06. The Labute approximate surface area is 134 Å². The zero-order chi connectivity index (χ0) is 15.2. The lowest BCUT2D eigenvalue weighted by atomic mass is 10.2. The Kier molecular flexibility index (Phi) is 5.78. The molecule has 0 aliphatic carbocycles. The molecule has 2 N–H and O–H groups in total. The Bertz CT molecular complexity index is 533. The van der Waals surface area contributed by atoms with Crippen molar-refractivity contribution in [2.75, 3.05) is 36.5 Å². The second-order valence-electron chi connectivity index (χ2n) is 4.62. The molecule has 1 aliphatic heterocycles. The molecule has 21 heavy (non-hydrogen) atoms. The largest absolute Gasteiger partial charge is 0.378 e. The van der Waals surface area contributed by atoms with Gasteiger partial charge in [-0.2, -0.15) is 0 Å². The van der Waals surface area contributed by atoms with Gasteiger partial charge in [0, 0.05) is 24.5 Å². The Morgan fingerprint density at radius 2 is 2.14 bits per heavy atom. The van der Waals surface area contributed by atoms with Crippen LogP contribution < -0.4 is 15.5 Å². The summed E-state index contributed by atoms with van der Waals surface area (Å²) >= 11 is 11.2. The van der Waals surface area contributed by atoms with Gasteiger partial charge >= 0.3 is 0 Å². The average molecular weight is 328 g/mol. The quantitative estimate of drug-likeness (QED) is 0.835. The minimum absolute atomic E-state index is 0.123. The van der Waals surface area contributed by atoms with E-state index in [0.717, 1.165) is 24.5 Å². The Balaban J connectivity index is 2.14. The van der Waals surface area contributed by atoms with Crippen LogP contribution in [0.5, 0.6) is 0 Å². The number of carbonyl (C=O) groups is 1. The molecule has 0 unspecified atom stereocenters. The maximum Gasteiger partial charge on any atom is 0.225 e. The van der Waals surface area contributed by atoms with Gasteiger partial charge in [-0.05, 0) is 30.4 Å². The number of halogens is 1. The lowest BCUT2D eigenvalue weighted by molar-refractivity contribution is -0.119. The number of anilines is 2. The number of hydrogen-bond donors (Lipinski definition) is 2. The monoisotopic (exact) mass is 327 g/mol. The molecule has 0 atom stereocenters. The lowest BCUT2D eigenvalue weighted by Gasteiger charge is -2.30. The number of rotatable bonds is 3. The summed E-state index contributed by atoms with van der Waals surface area (Å²) in [4.78, 5) is 13.6. The van der Waals surface area contributed by atoms with Crippen molar-refractivity contribution >= 4 is 46.2 Å². The van der Waals surface area contributed by atoms with Gasteiger partial charge in [-0.15, -0.1) is 0 Å². The molecule has 1 amide bonds. The van der Waals surface area contributed by atoms with Crippen LogP contribution in [0.4, 0.5) is 11.4 Å². The molecule has 0 spiro atoms.